The third-order valence-electron chi connectivity index (χ3n) is 5.03. The van der Waals surface area contributed by atoms with Crippen molar-refractivity contribution in [2.24, 2.45) is 5.92 Å². The fourth-order valence-electron chi connectivity index (χ4n) is 3.35. The molecule has 138 valence electrons. The van der Waals surface area contributed by atoms with Crippen LogP contribution in [-0.2, 0) is 16.0 Å². The fraction of sp³-hybridized carbons (Fsp3) is 0.619. The zero-order valence-corrected chi connectivity index (χ0v) is 15.9. The lowest BCUT2D eigenvalue weighted by Gasteiger charge is -2.19. The van der Waals surface area contributed by atoms with Crippen molar-refractivity contribution in [2.45, 2.75) is 71.8 Å². The van der Waals surface area contributed by atoms with Gasteiger partial charge < -0.3 is 10.2 Å². The van der Waals surface area contributed by atoms with Gasteiger partial charge in [0.1, 0.15) is 0 Å². The number of amides is 2. The summed E-state index contributed by atoms with van der Waals surface area (Å²) < 4.78 is 0. The molecule has 1 fully saturated rings. The average molecular weight is 344 g/mol. The summed E-state index contributed by atoms with van der Waals surface area (Å²) >= 11 is 0. The van der Waals surface area contributed by atoms with Gasteiger partial charge in [0.25, 0.3) is 0 Å². The summed E-state index contributed by atoms with van der Waals surface area (Å²) in [5, 5.41) is 3.09. The fourth-order valence-corrected chi connectivity index (χ4v) is 3.35. The van der Waals surface area contributed by atoms with E-state index in [0.29, 0.717) is 13.0 Å². The standard InChI is InChI=1S/C21H32N2O2/c1-4-6-7-8-9-16(3)22-21(25)18-14-20(24)23(15-18)19-12-10-17(5-2)11-13-19/h10-13,16,18H,4-9,14-15H2,1-3H3,(H,22,25)/t16-,18+/m1/s1. The predicted octanol–water partition coefficient (Wildman–Crippen LogP) is 4.08. The van der Waals surface area contributed by atoms with Crippen molar-refractivity contribution in [3.8, 4) is 0 Å². The number of aryl methyl sites for hydroxylation is 1. The number of carbonyl (C=O) groups is 2. The molecule has 0 unspecified atom stereocenters. The number of unbranched alkanes of at least 4 members (excludes halogenated alkanes) is 3. The maximum absolute atomic E-state index is 12.5. The highest BCUT2D eigenvalue weighted by Gasteiger charge is 2.35. The van der Waals surface area contributed by atoms with E-state index in [4.69, 9.17) is 0 Å². The van der Waals surface area contributed by atoms with E-state index in [0.717, 1.165) is 24.9 Å². The van der Waals surface area contributed by atoms with Crippen molar-refractivity contribution in [3.05, 3.63) is 29.8 Å². The number of hydrogen-bond donors (Lipinski definition) is 1. The van der Waals surface area contributed by atoms with E-state index in [1.165, 1.54) is 24.8 Å². The Labute approximate surface area is 152 Å². The third-order valence-corrected chi connectivity index (χ3v) is 5.03. The molecule has 0 saturated carbocycles. The molecule has 1 heterocycles. The Hall–Kier alpha value is -1.84. The van der Waals surface area contributed by atoms with Crippen LogP contribution in [0.2, 0.25) is 0 Å². The molecule has 1 aromatic carbocycles. The van der Waals surface area contributed by atoms with Crippen LogP contribution < -0.4 is 10.2 Å². The molecule has 1 N–H and O–H groups in total. The molecule has 0 aliphatic carbocycles. The third kappa shape index (κ3) is 5.58. The van der Waals surface area contributed by atoms with E-state index in [-0.39, 0.29) is 23.8 Å². The second-order valence-electron chi connectivity index (χ2n) is 7.18. The largest absolute Gasteiger partial charge is 0.353 e. The van der Waals surface area contributed by atoms with Crippen LogP contribution in [0.25, 0.3) is 0 Å². The molecular weight excluding hydrogens is 312 g/mol. The number of nitrogens with one attached hydrogen (secondary N) is 1. The molecule has 4 nitrogen and oxygen atoms in total. The second kappa shape index (κ2) is 9.59. The van der Waals surface area contributed by atoms with Gasteiger partial charge in [-0.2, -0.15) is 0 Å². The van der Waals surface area contributed by atoms with Gasteiger partial charge in [-0.1, -0.05) is 51.7 Å². The number of rotatable bonds is 9. The van der Waals surface area contributed by atoms with Gasteiger partial charge in [-0.3, -0.25) is 9.59 Å². The van der Waals surface area contributed by atoms with E-state index in [1.807, 2.05) is 24.3 Å². The maximum atomic E-state index is 12.5. The van der Waals surface area contributed by atoms with E-state index in [9.17, 15) is 9.59 Å². The Balaban J connectivity index is 1.84. The van der Waals surface area contributed by atoms with Crippen molar-refractivity contribution >= 4 is 17.5 Å². The van der Waals surface area contributed by atoms with Crippen LogP contribution in [0.5, 0.6) is 0 Å². The Bertz CT molecular complexity index is 568. The lowest BCUT2D eigenvalue weighted by atomic mass is 10.1. The Morgan fingerprint density at radius 2 is 1.92 bits per heavy atom. The molecule has 0 radical (unpaired) electrons. The molecule has 4 heteroatoms. The summed E-state index contributed by atoms with van der Waals surface area (Å²) in [5.41, 5.74) is 2.15. The van der Waals surface area contributed by atoms with Gasteiger partial charge in [0, 0.05) is 24.7 Å². The van der Waals surface area contributed by atoms with Gasteiger partial charge in [0.15, 0.2) is 0 Å². The Morgan fingerprint density at radius 3 is 2.56 bits per heavy atom. The first-order valence-electron chi connectivity index (χ1n) is 9.74. The topological polar surface area (TPSA) is 49.4 Å². The Kier molecular flexibility index (Phi) is 7.48. The van der Waals surface area contributed by atoms with Crippen molar-refractivity contribution < 1.29 is 9.59 Å². The average Bonchev–Trinajstić information content (AvgIpc) is 3.01. The van der Waals surface area contributed by atoms with Crippen LogP contribution in [0.3, 0.4) is 0 Å². The van der Waals surface area contributed by atoms with Gasteiger partial charge >= 0.3 is 0 Å². The van der Waals surface area contributed by atoms with Crippen LogP contribution in [0.4, 0.5) is 5.69 Å². The van der Waals surface area contributed by atoms with E-state index in [2.05, 4.69) is 26.1 Å². The number of hydrogen-bond acceptors (Lipinski definition) is 2. The minimum absolute atomic E-state index is 0.0176. The SMILES string of the molecule is CCCCCC[C@@H](C)NC(=O)[C@H]1CC(=O)N(c2ccc(CC)cc2)C1. The van der Waals surface area contributed by atoms with Crippen LogP contribution in [0, 0.1) is 5.92 Å². The van der Waals surface area contributed by atoms with Crippen LogP contribution in [-0.4, -0.2) is 24.4 Å². The molecule has 0 aromatic heterocycles. The number of anilines is 1. The first-order chi connectivity index (χ1) is 12.0. The first kappa shape index (κ1) is 19.5. The minimum atomic E-state index is -0.239. The van der Waals surface area contributed by atoms with E-state index < -0.39 is 0 Å². The summed E-state index contributed by atoms with van der Waals surface area (Å²) in [6, 6.07) is 8.24. The smallest absolute Gasteiger partial charge is 0.227 e. The molecule has 1 aliphatic heterocycles. The highest BCUT2D eigenvalue weighted by molar-refractivity contribution is 6.00. The summed E-state index contributed by atoms with van der Waals surface area (Å²) in [4.78, 5) is 26.5. The van der Waals surface area contributed by atoms with Gasteiger partial charge in [0.2, 0.25) is 11.8 Å². The van der Waals surface area contributed by atoms with Crippen LogP contribution >= 0.6 is 0 Å². The van der Waals surface area contributed by atoms with E-state index >= 15 is 0 Å². The highest BCUT2D eigenvalue weighted by atomic mass is 16.2. The van der Waals surface area contributed by atoms with Gasteiger partial charge in [-0.05, 0) is 37.5 Å². The lowest BCUT2D eigenvalue weighted by Crippen LogP contribution is -2.38. The van der Waals surface area contributed by atoms with Crippen molar-refractivity contribution in [2.75, 3.05) is 11.4 Å². The molecule has 2 rings (SSSR count). The van der Waals surface area contributed by atoms with Crippen LogP contribution in [0.15, 0.2) is 24.3 Å². The summed E-state index contributed by atoms with van der Waals surface area (Å²) in [6.07, 6.45) is 7.15. The quantitative estimate of drug-likeness (QED) is 0.686. The zero-order valence-electron chi connectivity index (χ0n) is 15.9. The number of benzene rings is 1. The number of carbonyl (C=O) groups excluding carboxylic acids is 2. The molecule has 0 spiro atoms. The molecule has 0 bridgehead atoms. The summed E-state index contributed by atoms with van der Waals surface area (Å²) in [5.74, 6) is -0.180. The maximum Gasteiger partial charge on any atom is 0.227 e. The molecule has 1 saturated heterocycles. The normalized spacial score (nSPS) is 18.4. The molecule has 1 aromatic rings. The van der Waals surface area contributed by atoms with Crippen LogP contribution in [0.1, 0.15) is 64.9 Å². The zero-order chi connectivity index (χ0) is 18.2. The Morgan fingerprint density at radius 1 is 1.20 bits per heavy atom. The predicted molar refractivity (Wildman–Crippen MR) is 103 cm³/mol. The molecular formula is C21H32N2O2. The monoisotopic (exact) mass is 344 g/mol. The lowest BCUT2D eigenvalue weighted by molar-refractivity contribution is -0.126. The summed E-state index contributed by atoms with van der Waals surface area (Å²) in [7, 11) is 0. The van der Waals surface area contributed by atoms with Gasteiger partial charge in [-0.15, -0.1) is 0 Å². The molecule has 2 atom stereocenters. The minimum Gasteiger partial charge on any atom is -0.353 e. The highest BCUT2D eigenvalue weighted by Crippen LogP contribution is 2.25. The van der Waals surface area contributed by atoms with Gasteiger partial charge in [-0.25, -0.2) is 0 Å². The van der Waals surface area contributed by atoms with Gasteiger partial charge in [0.05, 0.1) is 5.92 Å². The number of nitrogens with zero attached hydrogens (tertiary/aromatic N) is 1. The molecule has 25 heavy (non-hydrogen) atoms. The van der Waals surface area contributed by atoms with Crippen molar-refractivity contribution in [1.29, 1.82) is 0 Å². The first-order valence-corrected chi connectivity index (χ1v) is 9.74. The van der Waals surface area contributed by atoms with Crippen molar-refractivity contribution in [1.82, 2.24) is 5.32 Å². The van der Waals surface area contributed by atoms with E-state index in [1.54, 1.807) is 4.90 Å². The molecule has 2 amide bonds. The summed E-state index contributed by atoms with van der Waals surface area (Å²) in [6.45, 7) is 6.85. The molecule has 1 aliphatic rings. The second-order valence-corrected chi connectivity index (χ2v) is 7.18. The van der Waals surface area contributed by atoms with Crippen molar-refractivity contribution in [3.63, 3.8) is 0 Å².